The molecule has 190 valence electrons. The van der Waals surface area contributed by atoms with Gasteiger partial charge in [0.2, 0.25) is 0 Å². The van der Waals surface area contributed by atoms with Crippen LogP contribution in [-0.4, -0.2) is 41.9 Å². The number of carbonyl (C=O) groups is 2. The van der Waals surface area contributed by atoms with E-state index in [4.69, 9.17) is 4.74 Å². The molecule has 1 aliphatic heterocycles. The molecule has 0 radical (unpaired) electrons. The van der Waals surface area contributed by atoms with Crippen LogP contribution in [0, 0.1) is 17.2 Å². The van der Waals surface area contributed by atoms with Gasteiger partial charge in [-0.1, -0.05) is 0 Å². The monoisotopic (exact) mass is 496 g/mol. The number of nitriles is 1. The minimum atomic E-state index is -0.0483. The van der Waals surface area contributed by atoms with Gasteiger partial charge in [-0.2, -0.15) is 5.26 Å². The van der Waals surface area contributed by atoms with Crippen molar-refractivity contribution in [1.29, 1.82) is 5.26 Å². The highest BCUT2D eigenvalue weighted by Crippen LogP contribution is 2.31. The number of pyridine rings is 1. The Morgan fingerprint density at radius 3 is 2.59 bits per heavy atom. The maximum atomic E-state index is 12.9. The van der Waals surface area contributed by atoms with Crippen LogP contribution in [-0.2, 0) is 4.79 Å². The van der Waals surface area contributed by atoms with Gasteiger partial charge in [-0.25, -0.2) is 0 Å². The number of anilines is 1. The third-order valence-corrected chi connectivity index (χ3v) is 7.72. The van der Waals surface area contributed by atoms with E-state index in [1.54, 1.807) is 12.3 Å². The van der Waals surface area contributed by atoms with Crippen LogP contribution in [0.4, 0.5) is 5.69 Å². The number of nitrogens with zero attached hydrogens (tertiary/aromatic N) is 3. The summed E-state index contributed by atoms with van der Waals surface area (Å²) in [4.78, 5) is 30.7. The number of hydrogen-bond acceptors (Lipinski definition) is 6. The van der Waals surface area contributed by atoms with Crippen molar-refractivity contribution in [2.45, 2.75) is 63.6 Å². The molecule has 1 saturated carbocycles. The Morgan fingerprint density at radius 1 is 1.11 bits per heavy atom. The summed E-state index contributed by atoms with van der Waals surface area (Å²) in [5.74, 6) is 0.851. The van der Waals surface area contributed by atoms with Crippen LogP contribution < -0.4 is 15.0 Å². The number of ether oxygens (including phenoxy) is 1. The van der Waals surface area contributed by atoms with Crippen LogP contribution in [0.15, 0.2) is 54.7 Å². The smallest absolute Gasteiger partial charge is 0.251 e. The summed E-state index contributed by atoms with van der Waals surface area (Å²) in [5.41, 5.74) is 2.96. The molecule has 1 saturated heterocycles. The molecule has 2 heterocycles. The summed E-state index contributed by atoms with van der Waals surface area (Å²) in [6, 6.07) is 17.8. The second-order valence-corrected chi connectivity index (χ2v) is 10.2. The Kier molecular flexibility index (Phi) is 7.36. The minimum absolute atomic E-state index is 0.0483. The first-order chi connectivity index (χ1) is 18.1. The number of benzene rings is 2. The number of rotatable bonds is 6. The number of nitrogens with one attached hydrogen (secondary N) is 1. The predicted molar refractivity (Wildman–Crippen MR) is 143 cm³/mol. The van der Waals surface area contributed by atoms with Crippen molar-refractivity contribution in [3.63, 3.8) is 0 Å². The first kappa shape index (κ1) is 24.8. The second kappa shape index (κ2) is 11.0. The van der Waals surface area contributed by atoms with Crippen LogP contribution >= 0.6 is 0 Å². The second-order valence-electron chi connectivity index (χ2n) is 10.2. The molecule has 3 aromatic rings. The standard InChI is InChI=1S/C30H32N4O3/c1-20-17-21(19-35)14-16-34(20)25-9-4-22(5-10-25)30(36)33-24-7-11-26(12-8-24)37-28-13-6-23(18-31)29-27(28)3-2-15-32-29/h2-6,9-10,13,15,19-21,24,26H,7-8,11-12,14,16-17H2,1H3,(H,33,36)/t20-,21-,24?,26?/m1/s1. The van der Waals surface area contributed by atoms with Crippen molar-refractivity contribution in [2.24, 2.45) is 5.92 Å². The van der Waals surface area contributed by atoms with Gasteiger partial charge in [0.15, 0.2) is 0 Å². The predicted octanol–water partition coefficient (Wildman–Crippen LogP) is 5.03. The van der Waals surface area contributed by atoms with Crippen LogP contribution in [0.3, 0.4) is 0 Å². The third kappa shape index (κ3) is 5.43. The highest BCUT2D eigenvalue weighted by atomic mass is 16.5. The van der Waals surface area contributed by atoms with Gasteiger partial charge in [0, 0.05) is 47.4 Å². The maximum absolute atomic E-state index is 12.9. The Balaban J connectivity index is 1.14. The summed E-state index contributed by atoms with van der Waals surface area (Å²) in [7, 11) is 0. The summed E-state index contributed by atoms with van der Waals surface area (Å²) in [5, 5.41) is 13.4. The Morgan fingerprint density at radius 2 is 1.89 bits per heavy atom. The number of aldehydes is 1. The average Bonchev–Trinajstić information content (AvgIpc) is 2.94. The van der Waals surface area contributed by atoms with Gasteiger partial charge in [-0.3, -0.25) is 9.78 Å². The quantitative estimate of drug-likeness (QED) is 0.481. The number of hydrogen-bond donors (Lipinski definition) is 1. The van der Waals surface area contributed by atoms with E-state index in [0.29, 0.717) is 22.7 Å². The number of fused-ring (bicyclic) bond motifs is 1. The molecule has 5 rings (SSSR count). The average molecular weight is 497 g/mol. The fourth-order valence-corrected chi connectivity index (χ4v) is 5.63. The lowest BCUT2D eigenvalue weighted by atomic mass is 9.92. The van der Waals surface area contributed by atoms with E-state index >= 15 is 0 Å². The van der Waals surface area contributed by atoms with E-state index in [-0.39, 0.29) is 24.0 Å². The van der Waals surface area contributed by atoms with Gasteiger partial charge < -0.3 is 19.7 Å². The van der Waals surface area contributed by atoms with Gasteiger partial charge >= 0.3 is 0 Å². The van der Waals surface area contributed by atoms with Crippen molar-refractivity contribution in [1.82, 2.24) is 10.3 Å². The van der Waals surface area contributed by atoms with Gasteiger partial charge in [0.05, 0.1) is 17.2 Å². The zero-order chi connectivity index (χ0) is 25.8. The molecular weight excluding hydrogens is 464 g/mol. The van der Waals surface area contributed by atoms with Crippen molar-refractivity contribution in [3.05, 3.63) is 65.9 Å². The maximum Gasteiger partial charge on any atom is 0.251 e. The number of piperidine rings is 1. The van der Waals surface area contributed by atoms with E-state index in [1.165, 1.54) is 0 Å². The van der Waals surface area contributed by atoms with E-state index in [1.807, 2.05) is 42.5 Å². The van der Waals surface area contributed by atoms with Gasteiger partial charge in [-0.05, 0) is 94.0 Å². The topological polar surface area (TPSA) is 95.3 Å². The van der Waals surface area contributed by atoms with Crippen molar-refractivity contribution in [2.75, 3.05) is 11.4 Å². The molecule has 7 nitrogen and oxygen atoms in total. The van der Waals surface area contributed by atoms with E-state index in [2.05, 4.69) is 28.2 Å². The largest absolute Gasteiger partial charge is 0.490 e. The lowest BCUT2D eigenvalue weighted by Gasteiger charge is -2.37. The Hall–Kier alpha value is -3.92. The summed E-state index contributed by atoms with van der Waals surface area (Å²) >= 11 is 0. The van der Waals surface area contributed by atoms with Crippen molar-refractivity contribution >= 4 is 28.8 Å². The number of amides is 1. The molecule has 1 aliphatic carbocycles. The van der Waals surface area contributed by atoms with Crippen LogP contribution in [0.5, 0.6) is 5.75 Å². The Bertz CT molecular complexity index is 1310. The van der Waals surface area contributed by atoms with E-state index in [9.17, 15) is 14.9 Å². The normalized spacial score (nSPS) is 23.7. The lowest BCUT2D eigenvalue weighted by molar-refractivity contribution is -0.111. The van der Waals surface area contributed by atoms with E-state index in [0.717, 1.165) is 68.2 Å². The Labute approximate surface area is 217 Å². The zero-order valence-corrected chi connectivity index (χ0v) is 21.1. The van der Waals surface area contributed by atoms with Crippen LogP contribution in [0.1, 0.15) is 61.4 Å². The van der Waals surface area contributed by atoms with Gasteiger partial charge in [-0.15, -0.1) is 0 Å². The molecule has 0 spiro atoms. The fraction of sp³-hybridized carbons (Fsp3) is 0.400. The number of aromatic nitrogens is 1. The lowest BCUT2D eigenvalue weighted by Crippen LogP contribution is -2.41. The summed E-state index contributed by atoms with van der Waals surface area (Å²) in [6.07, 6.45) is 7.97. The molecule has 0 unspecified atom stereocenters. The minimum Gasteiger partial charge on any atom is -0.490 e. The molecule has 2 atom stereocenters. The number of carbonyl (C=O) groups excluding carboxylic acids is 2. The molecule has 1 N–H and O–H groups in total. The van der Waals surface area contributed by atoms with Crippen molar-refractivity contribution in [3.8, 4) is 11.8 Å². The zero-order valence-electron chi connectivity index (χ0n) is 21.1. The first-order valence-electron chi connectivity index (χ1n) is 13.1. The van der Waals surface area contributed by atoms with Crippen molar-refractivity contribution < 1.29 is 14.3 Å². The molecule has 2 aromatic carbocycles. The molecule has 7 heteroatoms. The van der Waals surface area contributed by atoms with Gasteiger partial charge in [0.1, 0.15) is 18.1 Å². The summed E-state index contributed by atoms with van der Waals surface area (Å²) in [6.45, 7) is 3.01. The highest BCUT2D eigenvalue weighted by Gasteiger charge is 2.27. The molecule has 2 fully saturated rings. The third-order valence-electron chi connectivity index (χ3n) is 7.72. The molecule has 37 heavy (non-hydrogen) atoms. The van der Waals surface area contributed by atoms with Gasteiger partial charge in [0.25, 0.3) is 5.91 Å². The molecule has 1 aromatic heterocycles. The molecule has 2 aliphatic rings. The van der Waals surface area contributed by atoms with E-state index < -0.39 is 0 Å². The fourth-order valence-electron chi connectivity index (χ4n) is 5.63. The SMILES string of the molecule is C[C@@H]1C[C@H](C=O)CCN1c1ccc(C(=O)NC2CCC(Oc3ccc(C#N)c4ncccc34)CC2)cc1. The highest BCUT2D eigenvalue weighted by molar-refractivity contribution is 5.94. The molecule has 1 amide bonds. The summed E-state index contributed by atoms with van der Waals surface area (Å²) < 4.78 is 6.31. The first-order valence-corrected chi connectivity index (χ1v) is 13.1. The molecular formula is C30H32N4O3. The molecule has 0 bridgehead atoms. The van der Waals surface area contributed by atoms with Crippen LogP contribution in [0.25, 0.3) is 10.9 Å². The van der Waals surface area contributed by atoms with Crippen LogP contribution in [0.2, 0.25) is 0 Å².